The van der Waals surface area contributed by atoms with Gasteiger partial charge >= 0.3 is 0 Å². The Balaban J connectivity index is 1.56. The monoisotopic (exact) mass is 334 g/mol. The van der Waals surface area contributed by atoms with E-state index in [0.29, 0.717) is 6.61 Å². The average Bonchev–Trinajstić information content (AvgIpc) is 2.82. The molecule has 3 rings (SSSR count). The van der Waals surface area contributed by atoms with Crippen molar-refractivity contribution in [3.63, 3.8) is 0 Å². The molecule has 0 saturated carbocycles. The summed E-state index contributed by atoms with van der Waals surface area (Å²) in [5.41, 5.74) is 0.475. The van der Waals surface area contributed by atoms with Gasteiger partial charge in [0.1, 0.15) is 11.4 Å². The van der Waals surface area contributed by atoms with Crippen LogP contribution in [0.3, 0.4) is 0 Å². The van der Waals surface area contributed by atoms with Gasteiger partial charge in [-0.05, 0) is 50.3 Å². The smallest absolute Gasteiger partial charge is 0.254 e. The molecule has 0 bridgehead atoms. The lowest BCUT2D eigenvalue weighted by atomic mass is 9.94. The first-order chi connectivity index (χ1) is 11.6. The first-order valence-corrected chi connectivity index (χ1v) is 8.97. The Morgan fingerprint density at radius 3 is 2.62 bits per heavy atom. The van der Waals surface area contributed by atoms with Crippen molar-refractivity contribution < 1.29 is 13.9 Å². The van der Waals surface area contributed by atoms with Gasteiger partial charge in [-0.3, -0.25) is 9.69 Å². The van der Waals surface area contributed by atoms with E-state index in [0.717, 1.165) is 64.0 Å². The lowest BCUT2D eigenvalue weighted by Crippen LogP contribution is -2.51. The van der Waals surface area contributed by atoms with Crippen molar-refractivity contribution in [2.45, 2.75) is 44.8 Å². The summed E-state index contributed by atoms with van der Waals surface area (Å²) in [6.07, 6.45) is 3.89. The van der Waals surface area contributed by atoms with Gasteiger partial charge in [0.2, 0.25) is 0 Å². The van der Waals surface area contributed by atoms with E-state index in [9.17, 15) is 9.18 Å². The van der Waals surface area contributed by atoms with Crippen molar-refractivity contribution in [1.29, 1.82) is 0 Å². The van der Waals surface area contributed by atoms with Gasteiger partial charge in [-0.25, -0.2) is 4.39 Å². The summed E-state index contributed by atoms with van der Waals surface area (Å²) < 4.78 is 18.8. The van der Waals surface area contributed by atoms with E-state index in [-0.39, 0.29) is 11.7 Å². The van der Waals surface area contributed by atoms with Crippen molar-refractivity contribution >= 4 is 5.91 Å². The Morgan fingerprint density at radius 2 is 1.92 bits per heavy atom. The standard InChI is InChI=1S/C19H27FN2O2/c1-19(9-2-3-14-24-19)18(23)22-11-4-10-21(12-13-22)15-16-5-7-17(20)8-6-16/h5-8H,2-4,9-15H2,1H3. The van der Waals surface area contributed by atoms with Gasteiger partial charge in [0.25, 0.3) is 5.91 Å². The number of ether oxygens (including phenoxy) is 1. The summed E-state index contributed by atoms with van der Waals surface area (Å²) in [6.45, 7) is 6.76. The average molecular weight is 334 g/mol. The van der Waals surface area contributed by atoms with Gasteiger partial charge < -0.3 is 9.64 Å². The molecule has 2 aliphatic heterocycles. The van der Waals surface area contributed by atoms with Crippen LogP contribution in [0.5, 0.6) is 0 Å². The van der Waals surface area contributed by atoms with Crippen LogP contribution in [-0.2, 0) is 16.1 Å². The SMILES string of the molecule is CC1(C(=O)N2CCCN(Cc3ccc(F)cc3)CC2)CCCCO1. The molecule has 1 amide bonds. The maximum atomic E-state index is 13.0. The van der Waals surface area contributed by atoms with Crippen molar-refractivity contribution in [3.05, 3.63) is 35.6 Å². The molecule has 0 aromatic heterocycles. The number of carbonyl (C=O) groups is 1. The fourth-order valence-corrected chi connectivity index (χ4v) is 3.62. The molecule has 1 atom stereocenters. The maximum Gasteiger partial charge on any atom is 0.254 e. The van der Waals surface area contributed by atoms with E-state index in [4.69, 9.17) is 4.74 Å². The number of benzene rings is 1. The summed E-state index contributed by atoms with van der Waals surface area (Å²) in [5.74, 6) is -0.0575. The van der Waals surface area contributed by atoms with Crippen LogP contribution in [0, 0.1) is 5.82 Å². The topological polar surface area (TPSA) is 32.8 Å². The number of hydrogen-bond donors (Lipinski definition) is 0. The van der Waals surface area contributed by atoms with Gasteiger partial charge in [0.15, 0.2) is 0 Å². The first-order valence-electron chi connectivity index (χ1n) is 8.97. The Labute approximate surface area is 143 Å². The highest BCUT2D eigenvalue weighted by Gasteiger charge is 2.39. The normalized spacial score (nSPS) is 26.2. The molecule has 1 aromatic carbocycles. The number of amides is 1. The van der Waals surface area contributed by atoms with Crippen LogP contribution in [0.4, 0.5) is 4.39 Å². The molecule has 0 spiro atoms. The van der Waals surface area contributed by atoms with Gasteiger partial charge in [-0.15, -0.1) is 0 Å². The molecule has 1 aromatic rings. The van der Waals surface area contributed by atoms with Crippen molar-refractivity contribution in [3.8, 4) is 0 Å². The second-order valence-corrected chi connectivity index (χ2v) is 7.08. The van der Waals surface area contributed by atoms with Crippen LogP contribution in [-0.4, -0.2) is 54.1 Å². The molecular formula is C19H27FN2O2. The maximum absolute atomic E-state index is 13.0. The Hall–Kier alpha value is -1.46. The van der Waals surface area contributed by atoms with Crippen LogP contribution < -0.4 is 0 Å². The summed E-state index contributed by atoms with van der Waals surface area (Å²) in [6, 6.07) is 6.68. The highest BCUT2D eigenvalue weighted by Crippen LogP contribution is 2.27. The van der Waals surface area contributed by atoms with Gasteiger partial charge in [0, 0.05) is 39.3 Å². The van der Waals surface area contributed by atoms with E-state index < -0.39 is 5.60 Å². The fourth-order valence-electron chi connectivity index (χ4n) is 3.62. The number of carbonyl (C=O) groups excluding carboxylic acids is 1. The third-order valence-electron chi connectivity index (χ3n) is 5.12. The van der Waals surface area contributed by atoms with Gasteiger partial charge in [-0.2, -0.15) is 0 Å². The van der Waals surface area contributed by atoms with Crippen LogP contribution >= 0.6 is 0 Å². The Kier molecular flexibility index (Phi) is 5.51. The van der Waals surface area contributed by atoms with Crippen LogP contribution in [0.1, 0.15) is 38.2 Å². The van der Waals surface area contributed by atoms with E-state index in [1.54, 1.807) is 0 Å². The molecule has 2 fully saturated rings. The van der Waals surface area contributed by atoms with Crippen LogP contribution in [0.2, 0.25) is 0 Å². The minimum atomic E-state index is -0.635. The Bertz CT molecular complexity index is 555. The zero-order valence-corrected chi connectivity index (χ0v) is 14.5. The van der Waals surface area contributed by atoms with E-state index in [1.165, 1.54) is 12.1 Å². The predicted molar refractivity (Wildman–Crippen MR) is 91.1 cm³/mol. The van der Waals surface area contributed by atoms with E-state index in [2.05, 4.69) is 4.90 Å². The van der Waals surface area contributed by atoms with E-state index in [1.807, 2.05) is 24.0 Å². The van der Waals surface area contributed by atoms with Crippen molar-refractivity contribution in [2.24, 2.45) is 0 Å². The van der Waals surface area contributed by atoms with Crippen LogP contribution in [0.25, 0.3) is 0 Å². The molecule has 24 heavy (non-hydrogen) atoms. The molecule has 0 N–H and O–H groups in total. The highest BCUT2D eigenvalue weighted by atomic mass is 19.1. The molecular weight excluding hydrogens is 307 g/mol. The predicted octanol–water partition coefficient (Wildman–Crippen LogP) is 2.82. The number of hydrogen-bond acceptors (Lipinski definition) is 3. The summed E-state index contributed by atoms with van der Waals surface area (Å²) in [5, 5.41) is 0. The van der Waals surface area contributed by atoms with Gasteiger partial charge in [0.05, 0.1) is 0 Å². The minimum Gasteiger partial charge on any atom is -0.365 e. The largest absolute Gasteiger partial charge is 0.365 e. The molecule has 2 aliphatic rings. The lowest BCUT2D eigenvalue weighted by molar-refractivity contribution is -0.161. The first kappa shape index (κ1) is 17.4. The summed E-state index contributed by atoms with van der Waals surface area (Å²) in [4.78, 5) is 17.2. The third kappa shape index (κ3) is 4.14. The zero-order chi connectivity index (χ0) is 17.0. The quantitative estimate of drug-likeness (QED) is 0.852. The fraction of sp³-hybridized carbons (Fsp3) is 0.632. The zero-order valence-electron chi connectivity index (χ0n) is 14.5. The molecule has 2 saturated heterocycles. The molecule has 0 radical (unpaired) electrons. The molecule has 132 valence electrons. The minimum absolute atomic E-state index is 0.144. The number of rotatable bonds is 3. The molecule has 2 heterocycles. The lowest BCUT2D eigenvalue weighted by Gasteiger charge is -2.36. The molecule has 1 unspecified atom stereocenters. The molecule has 0 aliphatic carbocycles. The third-order valence-corrected chi connectivity index (χ3v) is 5.12. The van der Waals surface area contributed by atoms with E-state index >= 15 is 0 Å². The number of nitrogens with zero attached hydrogens (tertiary/aromatic N) is 2. The van der Waals surface area contributed by atoms with Crippen molar-refractivity contribution in [1.82, 2.24) is 9.80 Å². The molecule has 4 nitrogen and oxygen atoms in total. The van der Waals surface area contributed by atoms with Gasteiger partial charge in [-0.1, -0.05) is 12.1 Å². The van der Waals surface area contributed by atoms with Crippen LogP contribution in [0.15, 0.2) is 24.3 Å². The number of halogens is 1. The molecule has 5 heteroatoms. The summed E-state index contributed by atoms with van der Waals surface area (Å²) in [7, 11) is 0. The Morgan fingerprint density at radius 1 is 1.12 bits per heavy atom. The highest BCUT2D eigenvalue weighted by molar-refractivity contribution is 5.85. The van der Waals surface area contributed by atoms with Crippen molar-refractivity contribution in [2.75, 3.05) is 32.8 Å². The second kappa shape index (κ2) is 7.62. The second-order valence-electron chi connectivity index (χ2n) is 7.08. The summed E-state index contributed by atoms with van der Waals surface area (Å²) >= 11 is 0.